The Bertz CT molecular complexity index is 1200. The number of amides is 1. The van der Waals surface area contributed by atoms with Gasteiger partial charge in [0.1, 0.15) is 11.6 Å². The van der Waals surface area contributed by atoms with Gasteiger partial charge < -0.3 is 10.1 Å². The maximum atomic E-state index is 13.2. The number of methoxy groups -OCH3 is 1. The van der Waals surface area contributed by atoms with E-state index in [0.29, 0.717) is 17.0 Å². The number of carbonyl (C=O) groups excluding carboxylic acids is 1. The normalized spacial score (nSPS) is 11.1. The molecule has 3 aromatic rings. The third-order valence-corrected chi connectivity index (χ3v) is 6.09. The SMILES string of the molecule is COc1ccc(NS(=O)(=O)c2cc(NC(=O)c3ccc(F)cc3Cl)ccc2C)cc1. The van der Waals surface area contributed by atoms with Crippen molar-refractivity contribution in [3.05, 3.63) is 82.6 Å². The van der Waals surface area contributed by atoms with Crippen molar-refractivity contribution in [3.8, 4) is 5.75 Å². The highest BCUT2D eigenvalue weighted by Gasteiger charge is 2.19. The van der Waals surface area contributed by atoms with Gasteiger partial charge in [-0.1, -0.05) is 17.7 Å². The third kappa shape index (κ3) is 4.90. The van der Waals surface area contributed by atoms with Gasteiger partial charge in [0.2, 0.25) is 0 Å². The van der Waals surface area contributed by atoms with Crippen LogP contribution in [0.4, 0.5) is 15.8 Å². The zero-order valence-corrected chi connectivity index (χ0v) is 17.6. The van der Waals surface area contributed by atoms with Gasteiger partial charge in [0.05, 0.1) is 22.6 Å². The summed E-state index contributed by atoms with van der Waals surface area (Å²) in [5.41, 5.74) is 1.18. The van der Waals surface area contributed by atoms with E-state index in [1.165, 1.54) is 19.2 Å². The second-order valence-corrected chi connectivity index (χ2v) is 8.45. The molecule has 156 valence electrons. The fourth-order valence-electron chi connectivity index (χ4n) is 2.71. The molecule has 0 bridgehead atoms. The van der Waals surface area contributed by atoms with Crippen molar-refractivity contribution in [1.29, 1.82) is 0 Å². The van der Waals surface area contributed by atoms with Crippen molar-refractivity contribution in [2.24, 2.45) is 0 Å². The first-order chi connectivity index (χ1) is 14.2. The van der Waals surface area contributed by atoms with Crippen molar-refractivity contribution in [1.82, 2.24) is 0 Å². The molecule has 0 spiro atoms. The molecule has 0 heterocycles. The summed E-state index contributed by atoms with van der Waals surface area (Å²) in [6, 6.07) is 14.3. The second-order valence-electron chi connectivity index (χ2n) is 6.39. The summed E-state index contributed by atoms with van der Waals surface area (Å²) < 4.78 is 46.5. The topological polar surface area (TPSA) is 84.5 Å². The Morgan fingerprint density at radius 3 is 2.30 bits per heavy atom. The molecule has 0 unspecified atom stereocenters. The largest absolute Gasteiger partial charge is 0.497 e. The Labute approximate surface area is 178 Å². The quantitative estimate of drug-likeness (QED) is 0.564. The van der Waals surface area contributed by atoms with Crippen LogP contribution in [0.15, 0.2) is 65.6 Å². The lowest BCUT2D eigenvalue weighted by Gasteiger charge is -2.13. The predicted molar refractivity (Wildman–Crippen MR) is 114 cm³/mol. The van der Waals surface area contributed by atoms with Gasteiger partial charge in [-0.25, -0.2) is 12.8 Å². The maximum absolute atomic E-state index is 13.2. The molecule has 0 aromatic heterocycles. The fraction of sp³-hybridized carbons (Fsp3) is 0.0952. The molecular weight excluding hydrogens is 431 g/mol. The van der Waals surface area contributed by atoms with Gasteiger partial charge in [-0.15, -0.1) is 0 Å². The molecule has 0 fully saturated rings. The molecule has 0 atom stereocenters. The second kappa shape index (κ2) is 8.73. The zero-order chi connectivity index (χ0) is 21.9. The molecule has 2 N–H and O–H groups in total. The molecule has 6 nitrogen and oxygen atoms in total. The van der Waals surface area contributed by atoms with Crippen LogP contribution in [0.25, 0.3) is 0 Å². The highest BCUT2D eigenvalue weighted by molar-refractivity contribution is 7.92. The lowest BCUT2D eigenvalue weighted by molar-refractivity contribution is 0.102. The fourth-order valence-corrected chi connectivity index (χ4v) is 4.29. The highest BCUT2D eigenvalue weighted by atomic mass is 35.5. The van der Waals surface area contributed by atoms with Crippen LogP contribution in [0.2, 0.25) is 5.02 Å². The zero-order valence-electron chi connectivity index (χ0n) is 16.1. The minimum absolute atomic E-state index is 0.00122. The number of nitrogens with one attached hydrogen (secondary N) is 2. The van der Waals surface area contributed by atoms with Crippen molar-refractivity contribution in [2.45, 2.75) is 11.8 Å². The number of sulfonamides is 1. The van der Waals surface area contributed by atoms with E-state index in [1.54, 1.807) is 43.3 Å². The van der Waals surface area contributed by atoms with E-state index in [1.807, 2.05) is 0 Å². The Kier molecular flexibility index (Phi) is 6.28. The van der Waals surface area contributed by atoms with Gasteiger partial charge in [-0.05, 0) is 67.1 Å². The molecule has 30 heavy (non-hydrogen) atoms. The minimum Gasteiger partial charge on any atom is -0.497 e. The first-order valence-electron chi connectivity index (χ1n) is 8.73. The smallest absolute Gasteiger partial charge is 0.262 e. The van der Waals surface area contributed by atoms with Crippen LogP contribution in [0, 0.1) is 12.7 Å². The van der Waals surface area contributed by atoms with E-state index >= 15 is 0 Å². The molecule has 0 saturated heterocycles. The van der Waals surface area contributed by atoms with Crippen LogP contribution < -0.4 is 14.8 Å². The van der Waals surface area contributed by atoms with Crippen LogP contribution in [0.5, 0.6) is 5.75 Å². The van der Waals surface area contributed by atoms with Crippen LogP contribution in [0.3, 0.4) is 0 Å². The van der Waals surface area contributed by atoms with Crippen LogP contribution >= 0.6 is 11.6 Å². The maximum Gasteiger partial charge on any atom is 0.262 e. The Morgan fingerprint density at radius 2 is 1.67 bits per heavy atom. The lowest BCUT2D eigenvalue weighted by atomic mass is 10.2. The van der Waals surface area contributed by atoms with E-state index in [4.69, 9.17) is 16.3 Å². The van der Waals surface area contributed by atoms with Crippen molar-refractivity contribution < 1.29 is 22.3 Å². The molecule has 0 aliphatic rings. The van der Waals surface area contributed by atoms with Gasteiger partial charge >= 0.3 is 0 Å². The van der Waals surface area contributed by atoms with Gasteiger partial charge in [-0.3, -0.25) is 9.52 Å². The molecule has 1 amide bonds. The summed E-state index contributed by atoms with van der Waals surface area (Å²) in [5, 5.41) is 2.54. The summed E-state index contributed by atoms with van der Waals surface area (Å²) in [6.45, 7) is 1.64. The van der Waals surface area contributed by atoms with Crippen LogP contribution in [-0.2, 0) is 10.0 Å². The lowest BCUT2D eigenvalue weighted by Crippen LogP contribution is -2.16. The molecule has 0 saturated carbocycles. The van der Waals surface area contributed by atoms with Crippen LogP contribution in [-0.4, -0.2) is 21.4 Å². The van der Waals surface area contributed by atoms with Gasteiger partial charge in [0, 0.05) is 11.4 Å². The monoisotopic (exact) mass is 448 g/mol. The Balaban J connectivity index is 1.85. The van der Waals surface area contributed by atoms with E-state index in [9.17, 15) is 17.6 Å². The van der Waals surface area contributed by atoms with Crippen molar-refractivity contribution in [2.75, 3.05) is 17.1 Å². The number of hydrogen-bond acceptors (Lipinski definition) is 4. The molecule has 0 aliphatic carbocycles. The van der Waals surface area contributed by atoms with Crippen molar-refractivity contribution >= 4 is 38.9 Å². The van der Waals surface area contributed by atoms with E-state index in [-0.39, 0.29) is 21.2 Å². The molecule has 3 rings (SSSR count). The van der Waals surface area contributed by atoms with E-state index in [2.05, 4.69) is 10.0 Å². The number of benzene rings is 3. The summed E-state index contributed by atoms with van der Waals surface area (Å²) in [4.78, 5) is 12.4. The first kappa shape index (κ1) is 21.6. The van der Waals surface area contributed by atoms with Gasteiger partial charge in [0.25, 0.3) is 15.9 Å². The number of ether oxygens (including phenoxy) is 1. The first-order valence-corrected chi connectivity index (χ1v) is 10.6. The van der Waals surface area contributed by atoms with Crippen molar-refractivity contribution in [3.63, 3.8) is 0 Å². The Morgan fingerprint density at radius 1 is 1.00 bits per heavy atom. The highest BCUT2D eigenvalue weighted by Crippen LogP contribution is 2.25. The number of aryl methyl sites for hydroxylation is 1. The average molecular weight is 449 g/mol. The predicted octanol–water partition coefficient (Wildman–Crippen LogP) is 4.85. The molecule has 9 heteroatoms. The number of rotatable bonds is 6. The van der Waals surface area contributed by atoms with Gasteiger partial charge in [-0.2, -0.15) is 0 Å². The molecule has 0 aliphatic heterocycles. The number of halogens is 2. The molecular formula is C21H18ClFN2O4S. The summed E-state index contributed by atoms with van der Waals surface area (Å²) in [6.07, 6.45) is 0. The Hall–Kier alpha value is -3.10. The van der Waals surface area contributed by atoms with Crippen LogP contribution in [0.1, 0.15) is 15.9 Å². The summed E-state index contributed by atoms with van der Waals surface area (Å²) in [5.74, 6) is -0.557. The van der Waals surface area contributed by atoms with Gasteiger partial charge in [0.15, 0.2) is 0 Å². The summed E-state index contributed by atoms with van der Waals surface area (Å²) in [7, 11) is -2.40. The van der Waals surface area contributed by atoms with E-state index in [0.717, 1.165) is 12.1 Å². The minimum atomic E-state index is -3.92. The standard InChI is InChI=1S/C21H18ClFN2O4S/c1-13-3-5-16(24-21(26)18-10-4-14(23)11-19(18)22)12-20(13)30(27,28)25-15-6-8-17(29-2)9-7-15/h3-12,25H,1-2H3,(H,24,26). The van der Waals surface area contributed by atoms with E-state index < -0.39 is 21.7 Å². The molecule has 3 aromatic carbocycles. The number of hydrogen-bond donors (Lipinski definition) is 2. The number of anilines is 2. The summed E-state index contributed by atoms with van der Waals surface area (Å²) >= 11 is 5.92. The molecule has 0 radical (unpaired) electrons. The number of carbonyl (C=O) groups is 1. The third-order valence-electron chi connectivity index (χ3n) is 4.25. The average Bonchev–Trinajstić information content (AvgIpc) is 2.69.